The molecular weight excluding hydrogens is 356 g/mol. The largest absolute Gasteiger partial charge is 0.465 e. The number of hydrogen-bond acceptors (Lipinski definition) is 4. The molecule has 1 aliphatic heterocycles. The molecule has 1 fully saturated rings. The highest BCUT2D eigenvalue weighted by atomic mass is 16.5. The van der Waals surface area contributed by atoms with Crippen molar-refractivity contribution in [2.24, 2.45) is 0 Å². The van der Waals surface area contributed by atoms with Gasteiger partial charge in [0, 0.05) is 0 Å². The highest BCUT2D eigenvalue weighted by molar-refractivity contribution is 6.07. The van der Waals surface area contributed by atoms with Gasteiger partial charge in [0.05, 0.1) is 19.2 Å². The average molecular weight is 378 g/mol. The van der Waals surface area contributed by atoms with Crippen molar-refractivity contribution in [2.75, 3.05) is 7.11 Å². The molecule has 4 rings (SSSR count). The number of benzene rings is 2. The maximum absolute atomic E-state index is 13.1. The van der Waals surface area contributed by atoms with Crippen molar-refractivity contribution in [1.82, 2.24) is 10.2 Å². The van der Waals surface area contributed by atoms with E-state index in [-0.39, 0.29) is 12.5 Å². The van der Waals surface area contributed by atoms with Crippen molar-refractivity contribution in [3.05, 3.63) is 70.3 Å². The number of rotatable bonds is 4. The maximum Gasteiger partial charge on any atom is 0.337 e. The molecule has 1 N–H and O–H groups in total. The lowest BCUT2D eigenvalue weighted by molar-refractivity contribution is -0.131. The summed E-state index contributed by atoms with van der Waals surface area (Å²) in [4.78, 5) is 38.5. The Bertz CT molecular complexity index is 967. The second-order valence-electron chi connectivity index (χ2n) is 7.47. The van der Waals surface area contributed by atoms with E-state index in [9.17, 15) is 14.4 Å². The molecule has 2 aromatic carbocycles. The summed E-state index contributed by atoms with van der Waals surface area (Å²) in [5.41, 5.74) is 3.51. The van der Waals surface area contributed by atoms with Crippen LogP contribution in [0.2, 0.25) is 0 Å². The smallest absolute Gasteiger partial charge is 0.337 e. The fourth-order valence-corrected chi connectivity index (χ4v) is 3.97. The van der Waals surface area contributed by atoms with Gasteiger partial charge >= 0.3 is 12.0 Å². The molecule has 1 atom stereocenters. The van der Waals surface area contributed by atoms with Gasteiger partial charge in [-0.2, -0.15) is 0 Å². The number of urea groups is 1. The Labute approximate surface area is 163 Å². The van der Waals surface area contributed by atoms with Gasteiger partial charge in [-0.1, -0.05) is 30.3 Å². The van der Waals surface area contributed by atoms with E-state index in [1.54, 1.807) is 31.2 Å². The van der Waals surface area contributed by atoms with Gasteiger partial charge in [0.25, 0.3) is 5.91 Å². The van der Waals surface area contributed by atoms with Crippen molar-refractivity contribution >= 4 is 17.9 Å². The number of ether oxygens (including phenoxy) is 1. The molecule has 3 amide bonds. The Morgan fingerprint density at radius 3 is 2.54 bits per heavy atom. The van der Waals surface area contributed by atoms with Crippen molar-refractivity contribution in [1.29, 1.82) is 0 Å². The minimum absolute atomic E-state index is 0.145. The molecule has 0 spiro atoms. The summed E-state index contributed by atoms with van der Waals surface area (Å²) in [5, 5.41) is 2.86. The summed E-state index contributed by atoms with van der Waals surface area (Å²) in [7, 11) is 1.32. The van der Waals surface area contributed by atoms with E-state index in [2.05, 4.69) is 22.2 Å². The van der Waals surface area contributed by atoms with Crippen LogP contribution >= 0.6 is 0 Å². The van der Waals surface area contributed by atoms with Crippen molar-refractivity contribution < 1.29 is 19.1 Å². The highest BCUT2D eigenvalue weighted by Gasteiger charge is 2.49. The normalized spacial score (nSPS) is 20.9. The van der Waals surface area contributed by atoms with Crippen LogP contribution in [0.5, 0.6) is 0 Å². The summed E-state index contributed by atoms with van der Waals surface area (Å²) >= 11 is 0. The molecule has 28 heavy (non-hydrogen) atoms. The summed E-state index contributed by atoms with van der Waals surface area (Å²) in [6, 6.07) is 12.3. The third-order valence-corrected chi connectivity index (χ3v) is 5.67. The van der Waals surface area contributed by atoms with Gasteiger partial charge in [-0.25, -0.2) is 9.59 Å². The van der Waals surface area contributed by atoms with E-state index in [0.29, 0.717) is 5.56 Å². The molecule has 1 unspecified atom stereocenters. The third kappa shape index (κ3) is 2.95. The number of imide groups is 1. The molecule has 0 radical (unpaired) electrons. The minimum atomic E-state index is -1.07. The maximum atomic E-state index is 13.1. The van der Waals surface area contributed by atoms with Gasteiger partial charge < -0.3 is 10.1 Å². The molecule has 0 saturated carbocycles. The molecule has 1 aliphatic carbocycles. The zero-order chi connectivity index (χ0) is 19.9. The zero-order valence-electron chi connectivity index (χ0n) is 16.0. The molecule has 0 aromatic heterocycles. The van der Waals surface area contributed by atoms with Crippen LogP contribution in [-0.2, 0) is 34.5 Å². The van der Waals surface area contributed by atoms with Crippen LogP contribution in [0.25, 0.3) is 0 Å². The Morgan fingerprint density at radius 2 is 1.82 bits per heavy atom. The molecule has 6 nitrogen and oxygen atoms in total. The first-order valence-corrected chi connectivity index (χ1v) is 9.36. The van der Waals surface area contributed by atoms with Crippen molar-refractivity contribution in [3.8, 4) is 0 Å². The molecule has 1 heterocycles. The number of amides is 3. The number of methoxy groups -OCH3 is 1. The number of carbonyl (C=O) groups is 3. The summed E-state index contributed by atoms with van der Waals surface area (Å²) in [6.07, 6.45) is 3.21. The quantitative estimate of drug-likeness (QED) is 0.656. The molecular formula is C22H22N2O4. The van der Waals surface area contributed by atoms with Crippen LogP contribution in [0, 0.1) is 0 Å². The number of nitrogens with zero attached hydrogens (tertiary/aromatic N) is 1. The van der Waals surface area contributed by atoms with Gasteiger partial charge in [0.2, 0.25) is 0 Å². The lowest BCUT2D eigenvalue weighted by Gasteiger charge is -2.23. The predicted octanol–water partition coefficient (Wildman–Crippen LogP) is 2.93. The van der Waals surface area contributed by atoms with E-state index >= 15 is 0 Å². The van der Waals surface area contributed by atoms with Crippen LogP contribution in [0.1, 0.15) is 46.0 Å². The van der Waals surface area contributed by atoms with E-state index in [0.717, 1.165) is 30.4 Å². The van der Waals surface area contributed by atoms with E-state index < -0.39 is 17.5 Å². The van der Waals surface area contributed by atoms with Crippen LogP contribution in [0.15, 0.2) is 42.5 Å². The number of aryl methyl sites for hydroxylation is 2. The van der Waals surface area contributed by atoms with Crippen LogP contribution in [0.4, 0.5) is 4.79 Å². The molecule has 2 aliphatic rings. The standard InChI is InChI=1S/C22H22N2O4/c1-22(18-11-10-15-4-3-5-17(15)12-18)20(26)24(21(27)23-22)13-14-6-8-16(9-7-14)19(25)28-2/h6-12H,3-5,13H2,1-2H3,(H,23,27). The average Bonchev–Trinajstić information content (AvgIpc) is 3.26. The summed E-state index contributed by atoms with van der Waals surface area (Å²) < 4.78 is 4.68. The number of esters is 1. The first-order chi connectivity index (χ1) is 13.4. The monoisotopic (exact) mass is 378 g/mol. The molecule has 144 valence electrons. The van der Waals surface area contributed by atoms with Gasteiger partial charge in [-0.3, -0.25) is 9.69 Å². The number of fused-ring (bicyclic) bond motifs is 1. The summed E-state index contributed by atoms with van der Waals surface area (Å²) in [6.45, 7) is 1.90. The third-order valence-electron chi connectivity index (χ3n) is 5.67. The van der Waals surface area contributed by atoms with E-state index in [1.165, 1.54) is 23.1 Å². The fraction of sp³-hybridized carbons (Fsp3) is 0.318. The van der Waals surface area contributed by atoms with Crippen molar-refractivity contribution in [3.63, 3.8) is 0 Å². The Hall–Kier alpha value is -3.15. The molecule has 1 saturated heterocycles. The van der Waals surface area contributed by atoms with Gasteiger partial charge in [-0.15, -0.1) is 0 Å². The van der Waals surface area contributed by atoms with Gasteiger partial charge in [0.15, 0.2) is 0 Å². The lowest BCUT2D eigenvalue weighted by atomic mass is 9.89. The van der Waals surface area contributed by atoms with Gasteiger partial charge in [-0.05, 0) is 60.6 Å². The van der Waals surface area contributed by atoms with Crippen LogP contribution in [-0.4, -0.2) is 29.9 Å². The topological polar surface area (TPSA) is 75.7 Å². The van der Waals surface area contributed by atoms with Crippen LogP contribution in [0.3, 0.4) is 0 Å². The summed E-state index contributed by atoms with van der Waals surface area (Å²) in [5.74, 6) is -0.696. The Kier molecular flexibility index (Phi) is 4.41. The number of hydrogen-bond donors (Lipinski definition) is 1. The minimum Gasteiger partial charge on any atom is -0.465 e. The SMILES string of the molecule is COC(=O)c1ccc(CN2C(=O)NC(C)(c3ccc4c(c3)CCC4)C2=O)cc1. The second kappa shape index (κ2) is 6.78. The predicted molar refractivity (Wildman–Crippen MR) is 103 cm³/mol. The molecule has 6 heteroatoms. The van der Waals surface area contributed by atoms with E-state index in [1.807, 2.05) is 6.07 Å². The Morgan fingerprint density at radius 1 is 1.11 bits per heavy atom. The first kappa shape index (κ1) is 18.2. The van der Waals surface area contributed by atoms with Crippen molar-refractivity contribution in [2.45, 2.75) is 38.3 Å². The fourth-order valence-electron chi connectivity index (χ4n) is 3.97. The van der Waals surface area contributed by atoms with Crippen LogP contribution < -0.4 is 5.32 Å². The first-order valence-electron chi connectivity index (χ1n) is 9.36. The highest BCUT2D eigenvalue weighted by Crippen LogP contribution is 2.33. The second-order valence-corrected chi connectivity index (χ2v) is 7.47. The number of carbonyl (C=O) groups excluding carboxylic acids is 3. The number of nitrogens with one attached hydrogen (secondary N) is 1. The zero-order valence-corrected chi connectivity index (χ0v) is 16.0. The van der Waals surface area contributed by atoms with E-state index in [4.69, 9.17) is 0 Å². The molecule has 2 aromatic rings. The Balaban J connectivity index is 1.56. The lowest BCUT2D eigenvalue weighted by Crippen LogP contribution is -2.40. The van der Waals surface area contributed by atoms with Gasteiger partial charge in [0.1, 0.15) is 5.54 Å². The molecule has 0 bridgehead atoms.